The Labute approximate surface area is 61.3 Å². The molecule has 0 aliphatic heterocycles. The van der Waals surface area contributed by atoms with Crippen LogP contribution in [0.5, 0.6) is 0 Å². The predicted octanol–water partition coefficient (Wildman–Crippen LogP) is -1.81. The summed E-state index contributed by atoms with van der Waals surface area (Å²) < 4.78 is 0. The first kappa shape index (κ1) is 7.75. The number of nitrogens with zero attached hydrogens (tertiary/aromatic N) is 1. The fraction of sp³-hybridized carbons (Fsp3) is 0.167. The molecule has 0 saturated heterocycles. The van der Waals surface area contributed by atoms with Gasteiger partial charge in [-0.1, -0.05) is 19.3 Å². The van der Waals surface area contributed by atoms with Gasteiger partial charge in [-0.25, -0.2) is 0 Å². The largest absolute Gasteiger partial charge is 1.00 e. The van der Waals surface area contributed by atoms with Crippen LogP contribution in [0.15, 0.2) is 18.3 Å². The van der Waals surface area contributed by atoms with Gasteiger partial charge in [-0.2, -0.15) is 12.1 Å². The van der Waals surface area contributed by atoms with Crippen molar-refractivity contribution in [1.29, 1.82) is 0 Å². The second-order valence-electron chi connectivity index (χ2n) is 1.46. The molecule has 0 aromatic carbocycles. The van der Waals surface area contributed by atoms with Crippen LogP contribution in [0.4, 0.5) is 0 Å². The van der Waals surface area contributed by atoms with Gasteiger partial charge in [0.15, 0.2) is 0 Å². The van der Waals surface area contributed by atoms with Crippen molar-refractivity contribution >= 4 is 0 Å². The molecule has 0 N–H and O–H groups in total. The van der Waals surface area contributed by atoms with E-state index in [-0.39, 0.29) is 18.9 Å². The van der Waals surface area contributed by atoms with Crippen molar-refractivity contribution in [3.8, 4) is 0 Å². The Balaban J connectivity index is 0.000000490. The van der Waals surface area contributed by atoms with Crippen molar-refractivity contribution in [3.05, 3.63) is 30.1 Å². The van der Waals surface area contributed by atoms with Gasteiger partial charge in [-0.3, -0.25) is 0 Å². The molecule has 0 aliphatic rings. The van der Waals surface area contributed by atoms with Crippen LogP contribution in [-0.4, -0.2) is 4.98 Å². The third-order valence-corrected chi connectivity index (χ3v) is 0.763. The van der Waals surface area contributed by atoms with E-state index in [1.807, 2.05) is 13.0 Å². The predicted molar refractivity (Wildman–Crippen MR) is 27.8 cm³/mol. The molecule has 0 radical (unpaired) electrons. The van der Waals surface area contributed by atoms with Gasteiger partial charge in [0.2, 0.25) is 0 Å². The van der Waals surface area contributed by atoms with Crippen LogP contribution < -0.4 is 18.9 Å². The van der Waals surface area contributed by atoms with E-state index in [9.17, 15) is 0 Å². The zero-order valence-corrected chi connectivity index (χ0v) is 5.18. The Morgan fingerprint density at radius 1 is 1.62 bits per heavy atom. The molecule has 1 rings (SSSR count). The summed E-state index contributed by atoms with van der Waals surface area (Å²) in [7, 11) is 0. The maximum atomic E-state index is 3.76. The molecule has 0 aliphatic carbocycles. The number of aryl methyl sites for hydroxylation is 1. The summed E-state index contributed by atoms with van der Waals surface area (Å²) >= 11 is 0. The molecule has 0 unspecified atom stereocenters. The monoisotopic (exact) mass is 99.1 g/mol. The fourth-order valence-electron chi connectivity index (χ4n) is 0.394. The van der Waals surface area contributed by atoms with Crippen molar-refractivity contribution in [1.82, 2.24) is 4.98 Å². The molecule has 1 aromatic rings. The summed E-state index contributed by atoms with van der Waals surface area (Å²) in [6.45, 7) is 2.00. The van der Waals surface area contributed by atoms with E-state index in [1.165, 1.54) is 5.56 Å². The van der Waals surface area contributed by atoms with Crippen LogP contribution in [0.2, 0.25) is 0 Å². The maximum Gasteiger partial charge on any atom is 1.00 e. The Hall–Kier alpha value is -0.253. The first-order chi connectivity index (χ1) is 3.39. The Kier molecular flexibility index (Phi) is 3.60. The minimum Gasteiger partial charge on any atom is -0.394 e. The third kappa shape index (κ3) is 2.16. The van der Waals surface area contributed by atoms with E-state index in [0.29, 0.717) is 0 Å². The number of aromatic nitrogens is 1. The van der Waals surface area contributed by atoms with Gasteiger partial charge in [0.25, 0.3) is 0 Å². The average Bonchev–Trinajstić information content (AvgIpc) is 1.69. The molecule has 0 bridgehead atoms. The van der Waals surface area contributed by atoms with Crippen molar-refractivity contribution in [2.75, 3.05) is 0 Å². The standard InChI is InChI=1S/C6H6N.Li/c1-6-3-2-4-7-5-6;/h2-3,5H,1H3;/q-1;+1. The van der Waals surface area contributed by atoms with E-state index >= 15 is 0 Å². The molecule has 8 heavy (non-hydrogen) atoms. The van der Waals surface area contributed by atoms with Crippen LogP contribution in [0.25, 0.3) is 0 Å². The second-order valence-corrected chi connectivity index (χ2v) is 1.46. The molecule has 0 saturated carbocycles. The van der Waals surface area contributed by atoms with E-state index in [2.05, 4.69) is 11.2 Å². The van der Waals surface area contributed by atoms with Crippen molar-refractivity contribution < 1.29 is 18.9 Å². The topological polar surface area (TPSA) is 12.9 Å². The molecular weight excluding hydrogens is 93.0 g/mol. The molecule has 36 valence electrons. The SMILES string of the molecule is Cc1cc[c-]nc1.[Li+]. The molecule has 1 nitrogen and oxygen atoms in total. The molecule has 1 aromatic heterocycles. The minimum absolute atomic E-state index is 0. The summed E-state index contributed by atoms with van der Waals surface area (Å²) in [4.78, 5) is 3.76. The molecule has 1 heterocycles. The number of rotatable bonds is 0. The fourth-order valence-corrected chi connectivity index (χ4v) is 0.394. The van der Waals surface area contributed by atoms with Crippen LogP contribution in [0.3, 0.4) is 0 Å². The molecule has 0 amide bonds. The van der Waals surface area contributed by atoms with Gasteiger partial charge in [0.1, 0.15) is 0 Å². The molecule has 0 atom stereocenters. The van der Waals surface area contributed by atoms with Crippen molar-refractivity contribution in [2.24, 2.45) is 0 Å². The van der Waals surface area contributed by atoms with E-state index < -0.39 is 0 Å². The summed E-state index contributed by atoms with van der Waals surface area (Å²) in [6, 6.07) is 3.77. The number of pyridine rings is 1. The van der Waals surface area contributed by atoms with Gasteiger partial charge in [-0.15, -0.1) is 5.56 Å². The number of hydrogen-bond donors (Lipinski definition) is 0. The van der Waals surface area contributed by atoms with Gasteiger partial charge in [0.05, 0.1) is 0 Å². The Morgan fingerprint density at radius 2 is 2.38 bits per heavy atom. The smallest absolute Gasteiger partial charge is 0.394 e. The average molecular weight is 99.1 g/mol. The van der Waals surface area contributed by atoms with E-state index in [4.69, 9.17) is 0 Å². The minimum atomic E-state index is 0. The Bertz CT molecular complexity index is 138. The zero-order valence-electron chi connectivity index (χ0n) is 5.18. The summed E-state index contributed by atoms with van der Waals surface area (Å²) in [5.41, 5.74) is 1.18. The molecule has 0 fully saturated rings. The van der Waals surface area contributed by atoms with Crippen molar-refractivity contribution in [3.63, 3.8) is 0 Å². The van der Waals surface area contributed by atoms with Crippen LogP contribution in [0, 0.1) is 13.1 Å². The summed E-state index contributed by atoms with van der Waals surface area (Å²) in [5.74, 6) is 0. The van der Waals surface area contributed by atoms with Gasteiger partial charge >= 0.3 is 18.9 Å². The van der Waals surface area contributed by atoms with Crippen LogP contribution in [0.1, 0.15) is 5.56 Å². The molecular formula is C6H6LiN. The zero-order chi connectivity index (χ0) is 5.11. The first-order valence-corrected chi connectivity index (χ1v) is 2.18. The second kappa shape index (κ2) is 3.71. The first-order valence-electron chi connectivity index (χ1n) is 2.18. The van der Waals surface area contributed by atoms with Crippen LogP contribution in [-0.2, 0) is 0 Å². The number of hydrogen-bond acceptors (Lipinski definition) is 1. The summed E-state index contributed by atoms with van der Waals surface area (Å²) in [6.07, 6.45) is 4.46. The third-order valence-electron chi connectivity index (χ3n) is 0.763. The Morgan fingerprint density at radius 3 is 2.62 bits per heavy atom. The molecule has 0 spiro atoms. The normalized spacial score (nSPS) is 7.62. The molecule has 2 heteroatoms. The van der Waals surface area contributed by atoms with Gasteiger partial charge < -0.3 is 4.98 Å². The van der Waals surface area contributed by atoms with Gasteiger partial charge in [-0.05, 0) is 0 Å². The van der Waals surface area contributed by atoms with Crippen molar-refractivity contribution in [2.45, 2.75) is 6.92 Å². The maximum absolute atomic E-state index is 3.76. The van der Waals surface area contributed by atoms with Gasteiger partial charge in [0, 0.05) is 0 Å². The van der Waals surface area contributed by atoms with E-state index in [1.54, 1.807) is 12.3 Å². The summed E-state index contributed by atoms with van der Waals surface area (Å²) in [5, 5.41) is 0. The van der Waals surface area contributed by atoms with Crippen LogP contribution >= 0.6 is 0 Å². The quantitative estimate of drug-likeness (QED) is 0.276. The van der Waals surface area contributed by atoms with E-state index in [0.717, 1.165) is 0 Å².